The molecule has 3 rings (SSSR count). The second-order valence-electron chi connectivity index (χ2n) is 6.25. The molecule has 1 aromatic carbocycles. The number of hydrogen-bond donors (Lipinski definition) is 1. The van der Waals surface area contributed by atoms with Crippen molar-refractivity contribution in [1.82, 2.24) is 14.5 Å². The van der Waals surface area contributed by atoms with Gasteiger partial charge in [-0.3, -0.25) is 10.1 Å². The number of hydrogen-bond acceptors (Lipinski definition) is 6. The van der Waals surface area contributed by atoms with Gasteiger partial charge in [-0.05, 0) is 38.3 Å². The quantitative estimate of drug-likeness (QED) is 0.885. The van der Waals surface area contributed by atoms with Crippen molar-refractivity contribution in [2.24, 2.45) is 0 Å². The predicted molar refractivity (Wildman–Crippen MR) is 92.4 cm³/mol. The average Bonchev–Trinajstić information content (AvgIpc) is 3.15. The van der Waals surface area contributed by atoms with Gasteiger partial charge in [0.05, 0.1) is 6.26 Å². The highest BCUT2D eigenvalue weighted by molar-refractivity contribution is 7.88. The van der Waals surface area contributed by atoms with Crippen LogP contribution in [0.5, 0.6) is 0 Å². The molecule has 1 fully saturated rings. The van der Waals surface area contributed by atoms with Crippen molar-refractivity contribution >= 4 is 21.9 Å². The van der Waals surface area contributed by atoms with Crippen molar-refractivity contribution in [2.75, 3.05) is 18.1 Å². The van der Waals surface area contributed by atoms with E-state index in [-0.39, 0.29) is 6.01 Å². The van der Waals surface area contributed by atoms with Gasteiger partial charge < -0.3 is 4.42 Å². The van der Waals surface area contributed by atoms with Gasteiger partial charge in [-0.15, -0.1) is 5.10 Å². The molecule has 0 saturated carbocycles. The van der Waals surface area contributed by atoms with Gasteiger partial charge in [-0.1, -0.05) is 22.8 Å². The maximum absolute atomic E-state index is 12.4. The Labute approximate surface area is 146 Å². The molecule has 1 N–H and O–H groups in total. The van der Waals surface area contributed by atoms with Crippen LogP contribution < -0.4 is 5.32 Å². The zero-order chi connectivity index (χ0) is 18.2. The van der Waals surface area contributed by atoms with Crippen LogP contribution in [0.2, 0.25) is 0 Å². The van der Waals surface area contributed by atoms with Crippen LogP contribution in [0, 0.1) is 13.8 Å². The SMILES string of the molecule is Cc1ccc(-c2nnc(NC(=O)[C@@H]3CCCN3S(C)(=O)=O)o2)c(C)c1. The van der Waals surface area contributed by atoms with Crippen molar-refractivity contribution in [3.05, 3.63) is 29.3 Å². The van der Waals surface area contributed by atoms with E-state index in [0.29, 0.717) is 25.3 Å². The van der Waals surface area contributed by atoms with Crippen molar-refractivity contribution < 1.29 is 17.6 Å². The van der Waals surface area contributed by atoms with Gasteiger partial charge in [0.2, 0.25) is 21.8 Å². The first-order valence-electron chi connectivity index (χ1n) is 7.94. The summed E-state index contributed by atoms with van der Waals surface area (Å²) in [6.45, 7) is 4.27. The minimum Gasteiger partial charge on any atom is -0.403 e. The second kappa shape index (κ2) is 6.57. The molecule has 0 bridgehead atoms. The number of aromatic nitrogens is 2. The first-order chi connectivity index (χ1) is 11.8. The van der Waals surface area contributed by atoms with Crippen molar-refractivity contribution in [3.8, 4) is 11.5 Å². The minimum atomic E-state index is -3.43. The first-order valence-corrected chi connectivity index (χ1v) is 9.79. The zero-order valence-electron chi connectivity index (χ0n) is 14.3. The topological polar surface area (TPSA) is 105 Å². The van der Waals surface area contributed by atoms with Gasteiger partial charge >= 0.3 is 6.01 Å². The molecule has 134 valence electrons. The Hall–Kier alpha value is -2.26. The molecule has 1 atom stereocenters. The fourth-order valence-electron chi connectivity index (χ4n) is 3.02. The zero-order valence-corrected chi connectivity index (χ0v) is 15.1. The Morgan fingerprint density at radius 1 is 1.32 bits per heavy atom. The van der Waals surface area contributed by atoms with Gasteiger partial charge in [-0.2, -0.15) is 4.31 Å². The fraction of sp³-hybridized carbons (Fsp3) is 0.438. The lowest BCUT2D eigenvalue weighted by molar-refractivity contribution is -0.119. The van der Waals surface area contributed by atoms with Crippen LogP contribution in [-0.2, 0) is 14.8 Å². The Morgan fingerprint density at radius 2 is 2.08 bits per heavy atom. The fourth-order valence-corrected chi connectivity index (χ4v) is 4.15. The van der Waals surface area contributed by atoms with E-state index in [0.717, 1.165) is 22.9 Å². The van der Waals surface area contributed by atoms with E-state index >= 15 is 0 Å². The number of amides is 1. The van der Waals surface area contributed by atoms with Crippen LogP contribution in [-0.4, -0.2) is 47.7 Å². The molecule has 1 saturated heterocycles. The molecule has 1 aliphatic heterocycles. The second-order valence-corrected chi connectivity index (χ2v) is 8.19. The number of sulfonamides is 1. The van der Waals surface area contributed by atoms with Crippen LogP contribution in [0.15, 0.2) is 22.6 Å². The summed E-state index contributed by atoms with van der Waals surface area (Å²) in [5, 5.41) is 10.3. The van der Waals surface area contributed by atoms with Crippen LogP contribution >= 0.6 is 0 Å². The molecule has 25 heavy (non-hydrogen) atoms. The summed E-state index contributed by atoms with van der Waals surface area (Å²) in [6, 6.07) is 5.03. The maximum Gasteiger partial charge on any atom is 0.322 e. The van der Waals surface area contributed by atoms with E-state index in [1.807, 2.05) is 32.0 Å². The molecule has 1 amide bonds. The van der Waals surface area contributed by atoms with Crippen LogP contribution in [0.25, 0.3) is 11.5 Å². The monoisotopic (exact) mass is 364 g/mol. The maximum atomic E-state index is 12.4. The predicted octanol–water partition coefficient (Wildman–Crippen LogP) is 1.72. The highest BCUT2D eigenvalue weighted by atomic mass is 32.2. The molecular weight excluding hydrogens is 344 g/mol. The molecule has 9 heteroatoms. The molecule has 1 aliphatic rings. The van der Waals surface area contributed by atoms with Crippen LogP contribution in [0.3, 0.4) is 0 Å². The molecule has 2 heterocycles. The number of nitrogens with one attached hydrogen (secondary N) is 1. The van der Waals surface area contributed by atoms with Crippen LogP contribution in [0.1, 0.15) is 24.0 Å². The average molecular weight is 364 g/mol. The molecule has 8 nitrogen and oxygen atoms in total. The number of carbonyl (C=O) groups excluding carboxylic acids is 1. The molecule has 0 spiro atoms. The molecule has 0 unspecified atom stereocenters. The largest absolute Gasteiger partial charge is 0.403 e. The van der Waals surface area contributed by atoms with Crippen molar-refractivity contribution in [2.45, 2.75) is 32.7 Å². The highest BCUT2D eigenvalue weighted by Gasteiger charge is 2.37. The van der Waals surface area contributed by atoms with E-state index in [9.17, 15) is 13.2 Å². The van der Waals surface area contributed by atoms with E-state index in [1.165, 1.54) is 4.31 Å². The third-order valence-electron chi connectivity index (χ3n) is 4.20. The van der Waals surface area contributed by atoms with E-state index in [1.54, 1.807) is 0 Å². The van der Waals surface area contributed by atoms with Gasteiger partial charge in [0.1, 0.15) is 6.04 Å². The summed E-state index contributed by atoms with van der Waals surface area (Å²) >= 11 is 0. The Morgan fingerprint density at radius 3 is 2.76 bits per heavy atom. The van der Waals surface area contributed by atoms with Gasteiger partial charge in [0, 0.05) is 12.1 Å². The Bertz CT molecular complexity index is 907. The standard InChI is InChI=1S/C16H20N4O4S/c1-10-6-7-12(11(2)9-10)15-18-19-16(24-15)17-14(21)13-5-4-8-20(13)25(3,22)23/h6-7,9,13H,4-5,8H2,1-3H3,(H,17,19,21)/t13-/m0/s1. The van der Waals surface area contributed by atoms with Crippen LogP contribution in [0.4, 0.5) is 6.01 Å². The lowest BCUT2D eigenvalue weighted by atomic mass is 10.1. The lowest BCUT2D eigenvalue weighted by Gasteiger charge is -2.20. The number of anilines is 1. The minimum absolute atomic E-state index is 0.0414. The summed E-state index contributed by atoms with van der Waals surface area (Å²) in [7, 11) is -3.43. The molecule has 2 aromatic rings. The Balaban J connectivity index is 1.76. The number of aryl methyl sites for hydroxylation is 2. The van der Waals surface area contributed by atoms with E-state index in [2.05, 4.69) is 15.5 Å². The smallest absolute Gasteiger partial charge is 0.322 e. The summed E-state index contributed by atoms with van der Waals surface area (Å²) in [4.78, 5) is 12.4. The molecule has 0 radical (unpaired) electrons. The molecular formula is C16H20N4O4S. The van der Waals surface area contributed by atoms with Crippen molar-refractivity contribution in [1.29, 1.82) is 0 Å². The third-order valence-corrected chi connectivity index (χ3v) is 5.49. The van der Waals surface area contributed by atoms with Gasteiger partial charge in [0.15, 0.2) is 0 Å². The Kier molecular flexibility index (Phi) is 4.61. The summed E-state index contributed by atoms with van der Waals surface area (Å²) in [6.07, 6.45) is 2.21. The normalized spacial score (nSPS) is 18.4. The molecule has 0 aliphatic carbocycles. The number of benzene rings is 1. The number of nitrogens with zero attached hydrogens (tertiary/aromatic N) is 3. The summed E-state index contributed by atoms with van der Waals surface area (Å²) in [5.41, 5.74) is 2.90. The third kappa shape index (κ3) is 3.72. The number of rotatable bonds is 4. The molecule has 1 aromatic heterocycles. The lowest BCUT2D eigenvalue weighted by Crippen LogP contribution is -2.42. The van der Waals surface area contributed by atoms with E-state index in [4.69, 9.17) is 4.42 Å². The summed E-state index contributed by atoms with van der Waals surface area (Å²) in [5.74, 6) is -0.155. The van der Waals surface area contributed by atoms with Crippen molar-refractivity contribution in [3.63, 3.8) is 0 Å². The van der Waals surface area contributed by atoms with E-state index < -0.39 is 22.0 Å². The first kappa shape index (κ1) is 17.6. The summed E-state index contributed by atoms with van der Waals surface area (Å²) < 4.78 is 30.2. The van der Waals surface area contributed by atoms with Gasteiger partial charge in [-0.25, -0.2) is 8.42 Å². The van der Waals surface area contributed by atoms with Gasteiger partial charge in [0.25, 0.3) is 0 Å². The highest BCUT2D eigenvalue weighted by Crippen LogP contribution is 2.25. The number of carbonyl (C=O) groups is 1.